The van der Waals surface area contributed by atoms with Crippen molar-refractivity contribution in [2.24, 2.45) is 17.3 Å². The number of pyridine rings is 1. The van der Waals surface area contributed by atoms with E-state index in [9.17, 15) is 27.6 Å². The number of nitrogens with one attached hydrogen (secondary N) is 3. The maximum atomic E-state index is 14.9. The van der Waals surface area contributed by atoms with Crippen molar-refractivity contribution in [2.45, 2.75) is 140 Å². The Bertz CT molecular complexity index is 2080. The maximum Gasteiger partial charge on any atom is 0.408 e. The summed E-state index contributed by atoms with van der Waals surface area (Å²) in [5.74, 6) is -1.04. The van der Waals surface area contributed by atoms with Crippen molar-refractivity contribution in [3.63, 3.8) is 0 Å². The molecule has 1 saturated heterocycles. The zero-order valence-electron chi connectivity index (χ0n) is 33.9. The largest absolute Gasteiger partial charge is 0.497 e. The van der Waals surface area contributed by atoms with E-state index in [-0.39, 0.29) is 25.3 Å². The number of hydrogen-bond acceptors (Lipinski definition) is 10. The molecule has 2 aromatic rings. The fourth-order valence-electron chi connectivity index (χ4n) is 8.74. The topological polar surface area (TPSA) is 182 Å². The van der Waals surface area contributed by atoms with Crippen LogP contribution >= 0.6 is 0 Å². The Morgan fingerprint density at radius 2 is 1.84 bits per heavy atom. The number of carbonyl (C=O) groups excluding carboxylic acids is 4. The maximum absolute atomic E-state index is 14.9. The summed E-state index contributed by atoms with van der Waals surface area (Å²) < 4.78 is 46.4. The lowest BCUT2D eigenvalue weighted by molar-refractivity contribution is -0.143. The second-order valence-electron chi connectivity index (χ2n) is 18.0. The minimum Gasteiger partial charge on any atom is -0.497 e. The quantitative estimate of drug-likeness (QED) is 0.327. The average Bonchev–Trinajstić information content (AvgIpc) is 4.09. The average molecular weight is 808 g/mol. The second kappa shape index (κ2) is 15.1. The Balaban J connectivity index is 1.28. The summed E-state index contributed by atoms with van der Waals surface area (Å²) in [7, 11) is -2.29. The number of fused-ring (bicyclic) bond motifs is 3. The van der Waals surface area contributed by atoms with Gasteiger partial charge < -0.3 is 29.7 Å². The number of methoxy groups -OCH3 is 1. The molecule has 3 N–H and O–H groups in total. The van der Waals surface area contributed by atoms with Gasteiger partial charge in [-0.15, -0.1) is 6.58 Å². The third kappa shape index (κ3) is 8.05. The van der Waals surface area contributed by atoms with E-state index in [1.807, 2.05) is 52.8 Å². The van der Waals surface area contributed by atoms with E-state index in [1.54, 1.807) is 7.11 Å². The van der Waals surface area contributed by atoms with Crippen LogP contribution in [0.2, 0.25) is 0 Å². The molecule has 1 aromatic carbocycles. The lowest BCUT2D eigenvalue weighted by atomic mass is 9.85. The number of sulfonamides is 1. The SMILES string of the molecule is C=C[C@@H]1C[C@]1(NC(=O)[C@@H]1C[C@]23CCc4c(c(nc5ccc(OC)cc45)CCCCC[C@H](C)[C@@H](C)OC(=O)N[C@@H](C(C)(C)C)C(=O)N1C2)O3)C(=O)NS(=O)(=O)C1CC1. The Hall–Kier alpha value is -4.40. The van der Waals surface area contributed by atoms with E-state index < -0.39 is 79.7 Å². The molecule has 2 aliphatic carbocycles. The summed E-state index contributed by atoms with van der Waals surface area (Å²) in [5, 5.41) is 6.00. The first-order valence-electron chi connectivity index (χ1n) is 20.4. The third-order valence-electron chi connectivity index (χ3n) is 12.7. The highest BCUT2D eigenvalue weighted by molar-refractivity contribution is 7.91. The van der Waals surface area contributed by atoms with Gasteiger partial charge in [0.15, 0.2) is 0 Å². The van der Waals surface area contributed by atoms with E-state index in [1.165, 1.54) is 11.0 Å². The molecule has 7 rings (SSSR count). The number of rotatable bonds is 7. The van der Waals surface area contributed by atoms with Crippen LogP contribution in [-0.4, -0.2) is 90.3 Å². The number of alkyl carbamates (subject to hydrolysis) is 1. The summed E-state index contributed by atoms with van der Waals surface area (Å²) in [6.45, 7) is 13.2. The van der Waals surface area contributed by atoms with E-state index >= 15 is 0 Å². The van der Waals surface area contributed by atoms with Gasteiger partial charge >= 0.3 is 6.09 Å². The first-order chi connectivity index (χ1) is 26.9. The molecule has 7 atom stereocenters. The number of carbonyl (C=O) groups is 4. The lowest BCUT2D eigenvalue weighted by Gasteiger charge is -2.38. The van der Waals surface area contributed by atoms with Crippen LogP contribution in [0, 0.1) is 17.3 Å². The van der Waals surface area contributed by atoms with Crippen LogP contribution in [0.4, 0.5) is 4.79 Å². The Kier molecular flexibility index (Phi) is 10.8. The Morgan fingerprint density at radius 3 is 2.51 bits per heavy atom. The fraction of sp³-hybridized carbons (Fsp3) is 0.643. The van der Waals surface area contributed by atoms with Gasteiger partial charge in [0, 0.05) is 23.3 Å². The smallest absolute Gasteiger partial charge is 0.408 e. The summed E-state index contributed by atoms with van der Waals surface area (Å²) in [4.78, 5) is 63.3. The molecule has 3 fully saturated rings. The van der Waals surface area contributed by atoms with Crippen LogP contribution in [0.25, 0.3) is 10.9 Å². The Labute approximate surface area is 335 Å². The minimum absolute atomic E-state index is 0.0236. The molecular formula is C42H57N5O9S. The van der Waals surface area contributed by atoms with Crippen LogP contribution in [0.5, 0.6) is 11.5 Å². The highest BCUT2D eigenvalue weighted by atomic mass is 32.2. The number of hydrogen-bond donors (Lipinski definition) is 3. The number of benzene rings is 1. The van der Waals surface area contributed by atoms with Gasteiger partial charge in [-0.25, -0.2) is 18.2 Å². The van der Waals surface area contributed by atoms with Crippen molar-refractivity contribution in [2.75, 3.05) is 13.7 Å². The van der Waals surface area contributed by atoms with Gasteiger partial charge in [0.05, 0.1) is 30.1 Å². The number of nitrogens with zero attached hydrogens (tertiary/aromatic N) is 2. The first kappa shape index (κ1) is 40.8. The normalized spacial score (nSPS) is 30.8. The molecule has 57 heavy (non-hydrogen) atoms. The standard InChI is InChI=1S/C42H57N5O9S/c1-8-26-21-42(26,38(50)46-57(52,53)28-15-16-28)45-36(48)33-22-41-19-18-29-30-20-27(54-7)14-17-31(30)43-32(34(29)56-41)13-11-9-10-12-24(2)25(3)55-39(51)44-35(40(4,5)6)37(49)47(33)23-41/h8,14,17,20,24-26,28,33,35H,1,9-13,15-16,18-19,21-23H2,2-7H3,(H,44,51)(H,45,48)(H,46,50)/t24-,25+,26+,33-,35+,41+,42+/m0/s1. The summed E-state index contributed by atoms with van der Waals surface area (Å²) >= 11 is 0. The molecule has 15 heteroatoms. The second-order valence-corrected chi connectivity index (χ2v) is 20.0. The molecule has 4 heterocycles. The highest BCUT2D eigenvalue weighted by Gasteiger charge is 2.63. The predicted octanol–water partition coefficient (Wildman–Crippen LogP) is 4.86. The van der Waals surface area contributed by atoms with Crippen molar-refractivity contribution in [3.05, 3.63) is 42.1 Å². The van der Waals surface area contributed by atoms with Crippen LogP contribution < -0.4 is 24.8 Å². The van der Waals surface area contributed by atoms with Crippen LogP contribution in [0.3, 0.4) is 0 Å². The van der Waals surface area contributed by atoms with Crippen LogP contribution in [-0.2, 0) is 42.0 Å². The van der Waals surface area contributed by atoms with Gasteiger partial charge in [-0.1, -0.05) is 46.6 Å². The molecule has 14 nitrogen and oxygen atoms in total. The van der Waals surface area contributed by atoms with Gasteiger partial charge in [0.2, 0.25) is 21.8 Å². The number of ether oxygens (including phenoxy) is 3. The van der Waals surface area contributed by atoms with Crippen LogP contribution in [0.15, 0.2) is 30.9 Å². The molecule has 0 unspecified atom stereocenters. The zero-order valence-corrected chi connectivity index (χ0v) is 34.8. The molecule has 5 aliphatic rings. The van der Waals surface area contributed by atoms with Gasteiger partial charge in [0.1, 0.15) is 40.8 Å². The van der Waals surface area contributed by atoms with Crippen molar-refractivity contribution >= 4 is 44.7 Å². The predicted molar refractivity (Wildman–Crippen MR) is 213 cm³/mol. The lowest BCUT2D eigenvalue weighted by Crippen LogP contribution is -2.60. The van der Waals surface area contributed by atoms with Gasteiger partial charge in [0.25, 0.3) is 5.91 Å². The van der Waals surface area contributed by atoms with Crippen LogP contribution in [0.1, 0.15) is 104 Å². The molecular weight excluding hydrogens is 751 g/mol. The zero-order chi connectivity index (χ0) is 41.1. The molecule has 1 spiro atoms. The number of cyclic esters (lactones) is 1. The summed E-state index contributed by atoms with van der Waals surface area (Å²) in [6, 6.07) is 3.59. The van der Waals surface area contributed by atoms with Crippen molar-refractivity contribution < 1.29 is 41.8 Å². The highest BCUT2D eigenvalue weighted by Crippen LogP contribution is 2.48. The van der Waals surface area contributed by atoms with Crippen molar-refractivity contribution in [1.82, 2.24) is 25.2 Å². The molecule has 2 saturated carbocycles. The monoisotopic (exact) mass is 807 g/mol. The molecule has 3 bridgehead atoms. The number of amides is 4. The van der Waals surface area contributed by atoms with Gasteiger partial charge in [-0.3, -0.25) is 19.1 Å². The number of aromatic nitrogens is 1. The number of aryl methyl sites for hydroxylation is 2. The van der Waals surface area contributed by atoms with E-state index in [2.05, 4.69) is 21.9 Å². The van der Waals surface area contributed by atoms with Crippen molar-refractivity contribution in [1.29, 1.82) is 0 Å². The fourth-order valence-corrected chi connectivity index (χ4v) is 10.1. The first-order valence-corrected chi connectivity index (χ1v) is 21.9. The molecule has 4 amide bonds. The van der Waals surface area contributed by atoms with Crippen molar-refractivity contribution in [3.8, 4) is 11.5 Å². The van der Waals surface area contributed by atoms with E-state index in [0.29, 0.717) is 43.6 Å². The third-order valence-corrected chi connectivity index (χ3v) is 14.6. The van der Waals surface area contributed by atoms with Gasteiger partial charge in [-0.05, 0) is 87.8 Å². The van der Waals surface area contributed by atoms with E-state index in [4.69, 9.17) is 19.2 Å². The molecule has 1 aromatic heterocycles. The minimum atomic E-state index is -3.91. The van der Waals surface area contributed by atoms with Gasteiger partial charge in [-0.2, -0.15) is 0 Å². The summed E-state index contributed by atoms with van der Waals surface area (Å²) in [5.41, 5.74) is -0.719. The van der Waals surface area contributed by atoms with E-state index in [0.717, 1.165) is 47.8 Å². The molecule has 3 aliphatic heterocycles. The molecule has 310 valence electrons. The Morgan fingerprint density at radius 1 is 1.09 bits per heavy atom. The molecule has 0 radical (unpaired) electrons. The summed E-state index contributed by atoms with van der Waals surface area (Å²) in [6.07, 6.45) is 6.85.